The van der Waals surface area contributed by atoms with E-state index in [1.165, 1.54) is 0 Å². The van der Waals surface area contributed by atoms with Gasteiger partial charge in [-0.15, -0.1) is 35.3 Å². The summed E-state index contributed by atoms with van der Waals surface area (Å²) in [4.78, 5) is 21.0. The molecule has 0 saturated carbocycles. The lowest BCUT2D eigenvalue weighted by Crippen LogP contribution is -2.41. The van der Waals surface area contributed by atoms with Gasteiger partial charge in [0.05, 0.1) is 10.7 Å². The lowest BCUT2D eigenvalue weighted by atomic mass is 10.2. The molecule has 0 fully saturated rings. The van der Waals surface area contributed by atoms with Crippen LogP contribution in [0, 0.1) is 6.92 Å². The second-order valence-corrected chi connectivity index (χ2v) is 7.54. The molecule has 0 unspecified atom stereocenters. The first-order valence-corrected chi connectivity index (χ1v) is 10.2. The van der Waals surface area contributed by atoms with Crippen molar-refractivity contribution in [2.75, 3.05) is 26.2 Å². The molecule has 1 aromatic carbocycles. The smallest absolute Gasteiger partial charge is 0.251 e. The summed E-state index contributed by atoms with van der Waals surface area (Å²) in [6.07, 6.45) is 0.821. The predicted octanol–water partition coefficient (Wildman–Crippen LogP) is 3.36. The van der Waals surface area contributed by atoms with Crippen molar-refractivity contribution < 1.29 is 4.79 Å². The zero-order chi connectivity index (χ0) is 18.8. The van der Waals surface area contributed by atoms with Crippen LogP contribution in [0.4, 0.5) is 0 Å². The summed E-state index contributed by atoms with van der Waals surface area (Å²) in [5, 5.41) is 12.5. The minimum absolute atomic E-state index is 0. The Labute approximate surface area is 189 Å². The lowest BCUT2D eigenvalue weighted by Gasteiger charge is -2.12. The monoisotopic (exact) mass is 565 g/mol. The number of rotatable bonds is 8. The van der Waals surface area contributed by atoms with Gasteiger partial charge in [0.25, 0.3) is 5.91 Å². The van der Waals surface area contributed by atoms with Gasteiger partial charge in [0.2, 0.25) is 0 Å². The third-order valence-corrected chi connectivity index (χ3v) is 4.81. The number of amides is 1. The predicted molar refractivity (Wildman–Crippen MR) is 126 cm³/mol. The van der Waals surface area contributed by atoms with Gasteiger partial charge in [-0.3, -0.25) is 9.79 Å². The van der Waals surface area contributed by atoms with Crippen LogP contribution in [-0.2, 0) is 6.42 Å². The highest BCUT2D eigenvalue weighted by Gasteiger charge is 2.04. The first kappa shape index (κ1) is 23.8. The molecule has 27 heavy (non-hydrogen) atoms. The summed E-state index contributed by atoms with van der Waals surface area (Å²) in [5.41, 5.74) is 1.72. The molecule has 0 bridgehead atoms. The van der Waals surface area contributed by atoms with Crippen molar-refractivity contribution in [3.05, 3.63) is 50.4 Å². The van der Waals surface area contributed by atoms with Crippen LogP contribution in [0.25, 0.3) is 0 Å². The fourth-order valence-corrected chi connectivity index (χ4v) is 3.12. The molecule has 2 rings (SSSR count). The highest BCUT2D eigenvalue weighted by atomic mass is 127. The van der Waals surface area contributed by atoms with E-state index in [1.807, 2.05) is 26.0 Å². The number of nitrogens with one attached hydrogen (secondary N) is 3. The number of hydrogen-bond acceptors (Lipinski definition) is 4. The number of aryl methyl sites for hydroxylation is 1. The summed E-state index contributed by atoms with van der Waals surface area (Å²) in [6.45, 7) is 6.60. The van der Waals surface area contributed by atoms with E-state index in [-0.39, 0.29) is 29.9 Å². The van der Waals surface area contributed by atoms with E-state index in [1.54, 1.807) is 23.5 Å². The molecule has 0 atom stereocenters. The highest BCUT2D eigenvalue weighted by molar-refractivity contribution is 14.0. The van der Waals surface area contributed by atoms with Crippen molar-refractivity contribution in [2.24, 2.45) is 4.99 Å². The number of carbonyl (C=O) groups is 1. The molecular weight excluding hydrogens is 541 g/mol. The standard InChI is InChI=1S/C18H24BrN5OS.HI/c1-3-20-18(22-9-8-16-12-26-13(2)24-16)23-11-10-21-17(25)14-4-6-15(19)7-5-14;/h4-7,12H,3,8-11H2,1-2H3,(H,21,25)(H2,20,22,23);1H. The Kier molecular flexibility index (Phi) is 11.5. The molecule has 148 valence electrons. The topological polar surface area (TPSA) is 78.4 Å². The maximum absolute atomic E-state index is 12.1. The average Bonchev–Trinajstić information content (AvgIpc) is 3.04. The maximum Gasteiger partial charge on any atom is 0.251 e. The molecule has 6 nitrogen and oxygen atoms in total. The van der Waals surface area contributed by atoms with Crippen molar-refractivity contribution in [3.8, 4) is 0 Å². The fraction of sp³-hybridized carbons (Fsp3) is 0.389. The minimum Gasteiger partial charge on any atom is -0.357 e. The van der Waals surface area contributed by atoms with Gasteiger partial charge < -0.3 is 16.0 Å². The molecule has 1 amide bonds. The van der Waals surface area contributed by atoms with Crippen LogP contribution in [0.15, 0.2) is 39.1 Å². The average molecular weight is 566 g/mol. The van der Waals surface area contributed by atoms with Gasteiger partial charge in [0, 0.05) is 48.0 Å². The zero-order valence-corrected chi connectivity index (χ0v) is 20.2. The van der Waals surface area contributed by atoms with Crippen LogP contribution < -0.4 is 16.0 Å². The van der Waals surface area contributed by atoms with Gasteiger partial charge in [0.15, 0.2) is 5.96 Å². The Morgan fingerprint density at radius 3 is 2.52 bits per heavy atom. The first-order valence-electron chi connectivity index (χ1n) is 8.55. The number of benzene rings is 1. The summed E-state index contributed by atoms with van der Waals surface area (Å²) in [5.74, 6) is 0.664. The molecule has 3 N–H and O–H groups in total. The van der Waals surface area contributed by atoms with Gasteiger partial charge in [-0.1, -0.05) is 15.9 Å². The SMILES string of the molecule is CCNC(=NCCc1csc(C)n1)NCCNC(=O)c1ccc(Br)cc1.I. The molecule has 0 aliphatic carbocycles. The van der Waals surface area contributed by atoms with E-state index in [0.717, 1.165) is 34.1 Å². The number of guanidine groups is 1. The highest BCUT2D eigenvalue weighted by Crippen LogP contribution is 2.10. The van der Waals surface area contributed by atoms with E-state index in [9.17, 15) is 4.79 Å². The van der Waals surface area contributed by atoms with Crippen molar-refractivity contribution in [2.45, 2.75) is 20.3 Å². The quantitative estimate of drug-likeness (QED) is 0.198. The van der Waals surface area contributed by atoms with Gasteiger partial charge in [0.1, 0.15) is 0 Å². The zero-order valence-electron chi connectivity index (χ0n) is 15.4. The van der Waals surface area contributed by atoms with Crippen molar-refractivity contribution in [3.63, 3.8) is 0 Å². The van der Waals surface area contributed by atoms with E-state index >= 15 is 0 Å². The molecule has 1 heterocycles. The van der Waals surface area contributed by atoms with Crippen LogP contribution in [-0.4, -0.2) is 43.0 Å². The summed E-state index contributed by atoms with van der Waals surface area (Å²) < 4.78 is 0.954. The molecule has 1 aromatic heterocycles. The molecule has 0 spiro atoms. The molecule has 9 heteroatoms. The minimum atomic E-state index is -0.0832. The van der Waals surface area contributed by atoms with Crippen molar-refractivity contribution in [1.29, 1.82) is 0 Å². The van der Waals surface area contributed by atoms with E-state index < -0.39 is 0 Å². The summed E-state index contributed by atoms with van der Waals surface area (Å²) in [6, 6.07) is 7.29. The molecule has 2 aromatic rings. The Morgan fingerprint density at radius 2 is 1.89 bits per heavy atom. The second-order valence-electron chi connectivity index (χ2n) is 5.56. The Balaban J connectivity index is 0.00000364. The lowest BCUT2D eigenvalue weighted by molar-refractivity contribution is 0.0954. The summed E-state index contributed by atoms with van der Waals surface area (Å²) >= 11 is 5.02. The number of thiazole rings is 1. The summed E-state index contributed by atoms with van der Waals surface area (Å²) in [7, 11) is 0. The van der Waals surface area contributed by atoms with Crippen molar-refractivity contribution in [1.82, 2.24) is 20.9 Å². The Hall–Kier alpha value is -1.20. The largest absolute Gasteiger partial charge is 0.357 e. The van der Waals surface area contributed by atoms with Crippen LogP contribution in [0.5, 0.6) is 0 Å². The van der Waals surface area contributed by atoms with E-state index in [0.29, 0.717) is 25.2 Å². The number of aromatic nitrogens is 1. The molecule has 0 aliphatic heterocycles. The van der Waals surface area contributed by atoms with Crippen LogP contribution in [0.3, 0.4) is 0 Å². The number of nitrogens with zero attached hydrogens (tertiary/aromatic N) is 2. The van der Waals surface area contributed by atoms with Gasteiger partial charge >= 0.3 is 0 Å². The van der Waals surface area contributed by atoms with Crippen LogP contribution >= 0.6 is 51.2 Å². The van der Waals surface area contributed by atoms with Gasteiger partial charge in [-0.25, -0.2) is 4.98 Å². The molecular formula is C18H25BrIN5OS. The van der Waals surface area contributed by atoms with Gasteiger partial charge in [-0.05, 0) is 38.1 Å². The molecule has 0 radical (unpaired) electrons. The second kappa shape index (κ2) is 13.1. The molecule has 0 saturated heterocycles. The van der Waals surface area contributed by atoms with E-state index in [4.69, 9.17) is 0 Å². The fourth-order valence-electron chi connectivity index (χ4n) is 2.21. The number of aliphatic imine (C=N–C) groups is 1. The maximum atomic E-state index is 12.1. The van der Waals surface area contributed by atoms with Crippen LogP contribution in [0.2, 0.25) is 0 Å². The number of halogens is 2. The molecule has 0 aliphatic rings. The van der Waals surface area contributed by atoms with E-state index in [2.05, 4.69) is 47.2 Å². The Morgan fingerprint density at radius 1 is 1.19 bits per heavy atom. The number of carbonyl (C=O) groups excluding carboxylic acids is 1. The Bertz CT molecular complexity index is 736. The first-order chi connectivity index (χ1) is 12.6. The third-order valence-electron chi connectivity index (χ3n) is 3.46. The van der Waals surface area contributed by atoms with Gasteiger partial charge in [-0.2, -0.15) is 0 Å². The normalized spacial score (nSPS) is 10.9. The van der Waals surface area contributed by atoms with Crippen LogP contribution in [0.1, 0.15) is 28.0 Å². The number of hydrogen-bond donors (Lipinski definition) is 3. The third kappa shape index (κ3) is 9.02. The van der Waals surface area contributed by atoms with Crippen molar-refractivity contribution >= 4 is 63.1 Å².